The molecular weight excluding hydrogens is 334 g/mol. The molecule has 0 unspecified atom stereocenters. The zero-order valence-electron chi connectivity index (χ0n) is 14.2. The number of halogens is 1. The number of benzene rings is 2. The summed E-state index contributed by atoms with van der Waals surface area (Å²) in [5.74, 6) is 0.824. The second-order valence-electron chi connectivity index (χ2n) is 6.84. The van der Waals surface area contributed by atoms with Crippen LogP contribution in [0.1, 0.15) is 42.0 Å². The molecule has 130 valence electrons. The topological polar surface area (TPSA) is 29.5 Å². The van der Waals surface area contributed by atoms with Gasteiger partial charge in [0.2, 0.25) is 0 Å². The average molecular weight is 356 g/mol. The van der Waals surface area contributed by atoms with Gasteiger partial charge in [0.05, 0.1) is 6.04 Å². The lowest BCUT2D eigenvalue weighted by molar-refractivity contribution is -0.134. The van der Waals surface area contributed by atoms with Gasteiger partial charge < -0.3 is 9.64 Å². The Kier molecular flexibility index (Phi) is 4.67. The van der Waals surface area contributed by atoms with Gasteiger partial charge in [-0.05, 0) is 67.0 Å². The Hall–Kier alpha value is -2.00. The van der Waals surface area contributed by atoms with Gasteiger partial charge in [0.1, 0.15) is 5.75 Å². The van der Waals surface area contributed by atoms with Crippen LogP contribution < -0.4 is 4.74 Å². The van der Waals surface area contributed by atoms with Crippen LogP contribution in [0.2, 0.25) is 5.02 Å². The Labute approximate surface area is 153 Å². The van der Waals surface area contributed by atoms with E-state index >= 15 is 0 Å². The molecule has 2 aromatic carbocycles. The first kappa shape index (κ1) is 16.5. The Morgan fingerprint density at radius 1 is 1.12 bits per heavy atom. The van der Waals surface area contributed by atoms with E-state index in [-0.39, 0.29) is 18.6 Å². The fourth-order valence-corrected chi connectivity index (χ4v) is 4.26. The average Bonchev–Trinajstić information content (AvgIpc) is 3.28. The van der Waals surface area contributed by atoms with Gasteiger partial charge >= 0.3 is 0 Å². The largest absolute Gasteiger partial charge is 0.484 e. The molecule has 1 aliphatic heterocycles. The SMILES string of the molecule is O=C(COc1ccc2c(c1)CCC2)N1CCC[C@@H]1c1ccccc1Cl. The number of hydrogen-bond donors (Lipinski definition) is 0. The van der Waals surface area contributed by atoms with Gasteiger partial charge in [-0.25, -0.2) is 0 Å². The Balaban J connectivity index is 1.43. The van der Waals surface area contributed by atoms with Crippen molar-refractivity contribution in [3.05, 3.63) is 64.2 Å². The number of likely N-dealkylation sites (tertiary alicyclic amines) is 1. The lowest BCUT2D eigenvalue weighted by atomic mass is 10.0. The smallest absolute Gasteiger partial charge is 0.261 e. The maximum atomic E-state index is 12.7. The number of carbonyl (C=O) groups is 1. The minimum atomic E-state index is 0.0305. The molecule has 1 fully saturated rings. The van der Waals surface area contributed by atoms with Crippen molar-refractivity contribution in [2.45, 2.75) is 38.1 Å². The van der Waals surface area contributed by atoms with E-state index in [4.69, 9.17) is 16.3 Å². The quantitative estimate of drug-likeness (QED) is 0.803. The Morgan fingerprint density at radius 3 is 2.84 bits per heavy atom. The van der Waals surface area contributed by atoms with Gasteiger partial charge in [-0.2, -0.15) is 0 Å². The standard InChI is InChI=1S/C21H22ClNO2/c22-19-8-2-1-7-18(19)20-9-4-12-23(20)21(24)14-25-17-11-10-15-5-3-6-16(15)13-17/h1-2,7-8,10-11,13,20H,3-6,9,12,14H2/t20-/m1/s1. The van der Waals surface area contributed by atoms with Crippen LogP contribution in [0.15, 0.2) is 42.5 Å². The molecule has 1 amide bonds. The van der Waals surface area contributed by atoms with Gasteiger partial charge in [0, 0.05) is 11.6 Å². The van der Waals surface area contributed by atoms with Crippen LogP contribution in [0.25, 0.3) is 0 Å². The molecule has 0 spiro atoms. The fraction of sp³-hybridized carbons (Fsp3) is 0.381. The highest BCUT2D eigenvalue weighted by molar-refractivity contribution is 6.31. The van der Waals surface area contributed by atoms with Crippen molar-refractivity contribution in [3.8, 4) is 5.75 Å². The minimum absolute atomic E-state index is 0.0305. The van der Waals surface area contributed by atoms with E-state index in [1.807, 2.05) is 35.2 Å². The number of ether oxygens (including phenoxy) is 1. The lowest BCUT2D eigenvalue weighted by Gasteiger charge is -2.26. The van der Waals surface area contributed by atoms with Crippen LogP contribution in [0.5, 0.6) is 5.75 Å². The predicted molar refractivity (Wildman–Crippen MR) is 99.1 cm³/mol. The van der Waals surface area contributed by atoms with Crippen molar-refractivity contribution in [1.29, 1.82) is 0 Å². The fourth-order valence-electron chi connectivity index (χ4n) is 4.00. The first-order valence-electron chi connectivity index (χ1n) is 9.01. The molecule has 25 heavy (non-hydrogen) atoms. The minimum Gasteiger partial charge on any atom is -0.484 e. The van der Waals surface area contributed by atoms with Crippen molar-refractivity contribution in [2.75, 3.05) is 13.2 Å². The summed E-state index contributed by atoms with van der Waals surface area (Å²) in [5.41, 5.74) is 3.81. The molecule has 0 bridgehead atoms. The summed E-state index contributed by atoms with van der Waals surface area (Å²) in [6, 6.07) is 14.1. The van der Waals surface area contributed by atoms with E-state index in [2.05, 4.69) is 12.1 Å². The van der Waals surface area contributed by atoms with E-state index < -0.39 is 0 Å². The third-order valence-electron chi connectivity index (χ3n) is 5.27. The van der Waals surface area contributed by atoms with E-state index in [1.165, 1.54) is 17.5 Å². The molecule has 4 rings (SSSR count). The summed E-state index contributed by atoms with van der Waals surface area (Å²) in [7, 11) is 0. The molecule has 0 radical (unpaired) electrons. The van der Waals surface area contributed by atoms with E-state index in [9.17, 15) is 4.79 Å². The van der Waals surface area contributed by atoms with Gasteiger partial charge in [0.15, 0.2) is 6.61 Å². The number of fused-ring (bicyclic) bond motifs is 1. The molecule has 3 nitrogen and oxygen atoms in total. The first-order valence-corrected chi connectivity index (χ1v) is 9.38. The van der Waals surface area contributed by atoms with Gasteiger partial charge in [-0.15, -0.1) is 0 Å². The van der Waals surface area contributed by atoms with Crippen molar-refractivity contribution < 1.29 is 9.53 Å². The van der Waals surface area contributed by atoms with Gasteiger partial charge in [-0.1, -0.05) is 35.9 Å². The van der Waals surface area contributed by atoms with Crippen LogP contribution in [0.4, 0.5) is 0 Å². The second kappa shape index (κ2) is 7.09. The van der Waals surface area contributed by atoms with E-state index in [1.54, 1.807) is 0 Å². The molecule has 4 heteroatoms. The van der Waals surface area contributed by atoms with Crippen molar-refractivity contribution in [2.24, 2.45) is 0 Å². The van der Waals surface area contributed by atoms with Crippen LogP contribution >= 0.6 is 11.6 Å². The third-order valence-corrected chi connectivity index (χ3v) is 5.61. The summed E-state index contributed by atoms with van der Waals surface area (Å²) >= 11 is 6.33. The number of amides is 1. The molecule has 2 aliphatic rings. The number of hydrogen-bond acceptors (Lipinski definition) is 2. The molecule has 1 aliphatic carbocycles. The van der Waals surface area contributed by atoms with E-state index in [0.29, 0.717) is 0 Å². The summed E-state index contributed by atoms with van der Waals surface area (Å²) < 4.78 is 5.80. The number of aryl methyl sites for hydroxylation is 2. The first-order chi connectivity index (χ1) is 12.2. The highest BCUT2D eigenvalue weighted by atomic mass is 35.5. The molecule has 1 heterocycles. The predicted octanol–water partition coefficient (Wildman–Crippen LogP) is 4.57. The van der Waals surface area contributed by atoms with Crippen molar-refractivity contribution in [3.63, 3.8) is 0 Å². The van der Waals surface area contributed by atoms with Crippen LogP contribution in [0.3, 0.4) is 0 Å². The van der Waals surface area contributed by atoms with Crippen LogP contribution in [-0.2, 0) is 17.6 Å². The highest BCUT2D eigenvalue weighted by Crippen LogP contribution is 2.35. The normalized spacial score (nSPS) is 19.1. The molecule has 1 saturated heterocycles. The Bertz CT molecular complexity index is 789. The third kappa shape index (κ3) is 3.38. The zero-order chi connectivity index (χ0) is 17.2. The summed E-state index contributed by atoms with van der Waals surface area (Å²) in [4.78, 5) is 14.6. The molecular formula is C21H22ClNO2. The van der Waals surface area contributed by atoms with Gasteiger partial charge in [0.25, 0.3) is 5.91 Å². The Morgan fingerprint density at radius 2 is 1.96 bits per heavy atom. The monoisotopic (exact) mass is 355 g/mol. The maximum absolute atomic E-state index is 12.7. The molecule has 1 atom stereocenters. The maximum Gasteiger partial charge on any atom is 0.261 e. The highest BCUT2D eigenvalue weighted by Gasteiger charge is 2.31. The van der Waals surface area contributed by atoms with E-state index in [0.717, 1.165) is 48.6 Å². The molecule has 0 aromatic heterocycles. The van der Waals surface area contributed by atoms with Gasteiger partial charge in [-0.3, -0.25) is 4.79 Å². The molecule has 0 saturated carbocycles. The molecule has 2 aromatic rings. The lowest BCUT2D eigenvalue weighted by Crippen LogP contribution is -2.34. The summed E-state index contributed by atoms with van der Waals surface area (Å²) in [6.07, 6.45) is 5.43. The number of rotatable bonds is 4. The summed E-state index contributed by atoms with van der Waals surface area (Å²) in [6.45, 7) is 0.849. The number of nitrogens with zero attached hydrogens (tertiary/aromatic N) is 1. The van der Waals surface area contributed by atoms with Crippen molar-refractivity contribution >= 4 is 17.5 Å². The second-order valence-corrected chi connectivity index (χ2v) is 7.25. The van der Waals surface area contributed by atoms with Crippen LogP contribution in [-0.4, -0.2) is 24.0 Å². The summed E-state index contributed by atoms with van der Waals surface area (Å²) in [5, 5.41) is 0.728. The molecule has 0 N–H and O–H groups in total. The number of carbonyl (C=O) groups excluding carboxylic acids is 1. The van der Waals surface area contributed by atoms with Crippen molar-refractivity contribution in [1.82, 2.24) is 4.90 Å². The zero-order valence-corrected chi connectivity index (χ0v) is 15.0. The van der Waals surface area contributed by atoms with Crippen LogP contribution in [0, 0.1) is 0 Å².